The molecule has 0 bridgehead atoms. The molecule has 478 valence electrons. The minimum absolute atomic E-state index is 0. The summed E-state index contributed by atoms with van der Waals surface area (Å²) in [6, 6.07) is 106. The van der Waals surface area contributed by atoms with Gasteiger partial charge in [0.05, 0.1) is 16.1 Å². The topological polar surface area (TPSA) is 55.4 Å². The number of fused-ring (bicyclic) bond motifs is 8. The van der Waals surface area contributed by atoms with Crippen LogP contribution in [0.1, 0.15) is 15.2 Å². The molecule has 12 heteroatoms. The van der Waals surface area contributed by atoms with E-state index in [0.29, 0.717) is 5.52 Å². The third-order valence-corrected chi connectivity index (χ3v) is 25.7. The molecule has 0 aliphatic heterocycles. The smallest absolute Gasteiger partial charge is 0.188 e. The van der Waals surface area contributed by atoms with Crippen molar-refractivity contribution in [1.82, 2.24) is 37.4 Å². The number of rotatable bonds is 11. The monoisotopic (exact) mass is 1650 g/mol. The van der Waals surface area contributed by atoms with E-state index >= 15 is 0 Å². The van der Waals surface area contributed by atoms with Crippen molar-refractivity contribution in [1.29, 1.82) is 0 Å². The summed E-state index contributed by atoms with van der Waals surface area (Å²) in [5.41, 5.74) is 18.1. The number of imidazole rings is 2. The van der Waals surface area contributed by atoms with E-state index in [0.717, 1.165) is 99.6 Å². The predicted octanol–water partition coefficient (Wildman–Crippen LogP) is 17.7. The average molecular weight is 1650 g/mol. The SMILES string of the molecule is Cc1ccccc1-c1ccnc(-n2c3[c-]c([Si](C)(C)c4[c-]c(-n5[cH+]n(-c6ccccc6)c6ccccc65)ccc4)ccc3c3ccccc32)c1.[2H]C([2H])([2H])n1[cH+]n(-c2[c-]c([Si](C)(C)c3[c-]c4c(cc3)c3ccccc3n4-c3cc(-c4ccccc4C)ccn3)ccc2)c2ccccc21.[Pt].[Pt]. The maximum atomic E-state index is 8.10. The van der Waals surface area contributed by atoms with Gasteiger partial charge in [0.25, 0.3) is 0 Å². The van der Waals surface area contributed by atoms with Crippen molar-refractivity contribution in [3.8, 4) is 51.0 Å². The van der Waals surface area contributed by atoms with Crippen LogP contribution >= 0.6 is 0 Å². The average Bonchev–Trinajstić information content (AvgIpc) is 1.57. The van der Waals surface area contributed by atoms with Crippen molar-refractivity contribution in [2.24, 2.45) is 6.98 Å². The largest absolute Gasteiger partial charge is 0.319 e. The normalized spacial score (nSPS) is 12.3. The summed E-state index contributed by atoms with van der Waals surface area (Å²) in [6.45, 7) is 11.5. The Morgan fingerprint density at radius 1 is 0.361 bits per heavy atom. The molecule has 0 saturated heterocycles. The van der Waals surface area contributed by atoms with E-state index in [1.165, 1.54) is 48.0 Å². The zero-order valence-electron chi connectivity index (χ0n) is 57.3. The van der Waals surface area contributed by atoms with Crippen LogP contribution in [0.2, 0.25) is 26.2 Å². The van der Waals surface area contributed by atoms with Gasteiger partial charge in [0.1, 0.15) is 17.3 Å². The minimum atomic E-state index is -2.35. The molecule has 17 rings (SSSR count). The van der Waals surface area contributed by atoms with Crippen LogP contribution in [0, 0.1) is 38.1 Å². The fourth-order valence-corrected chi connectivity index (χ4v) is 18.2. The van der Waals surface area contributed by atoms with Crippen molar-refractivity contribution in [3.05, 3.63) is 321 Å². The van der Waals surface area contributed by atoms with Gasteiger partial charge in [-0.15, -0.1) is 35.0 Å². The fraction of sp³-hybridized carbons (Fsp3) is 0.0824. The first kappa shape index (κ1) is 60.7. The molecule has 0 aliphatic carbocycles. The molecule has 6 heterocycles. The van der Waals surface area contributed by atoms with E-state index in [-0.39, 0.29) is 42.1 Å². The predicted molar refractivity (Wildman–Crippen MR) is 400 cm³/mol. The van der Waals surface area contributed by atoms with Gasteiger partial charge in [-0.25, -0.2) is 23.7 Å². The van der Waals surface area contributed by atoms with E-state index in [4.69, 9.17) is 14.1 Å². The molecule has 0 aliphatic rings. The van der Waals surface area contributed by atoms with Crippen LogP contribution in [0.5, 0.6) is 0 Å². The van der Waals surface area contributed by atoms with Crippen molar-refractivity contribution >= 4 is 103 Å². The molecule has 0 saturated carbocycles. The van der Waals surface area contributed by atoms with E-state index in [9.17, 15) is 0 Å². The molecule has 0 unspecified atom stereocenters. The molecule has 11 aromatic carbocycles. The Kier molecular flexibility index (Phi) is 16.4. The minimum Gasteiger partial charge on any atom is -0.319 e. The number of pyridine rings is 2. The fourth-order valence-electron chi connectivity index (χ4n) is 13.8. The van der Waals surface area contributed by atoms with Crippen molar-refractivity contribution < 1.29 is 46.2 Å². The maximum Gasteiger partial charge on any atom is 0.188 e. The number of para-hydroxylation sites is 7. The number of benzene rings is 11. The van der Waals surface area contributed by atoms with E-state index < -0.39 is 23.1 Å². The van der Waals surface area contributed by atoms with Gasteiger partial charge >= 0.3 is 0 Å². The molecule has 17 aromatic rings. The van der Waals surface area contributed by atoms with Crippen LogP contribution in [-0.4, -0.2) is 53.5 Å². The summed E-state index contributed by atoms with van der Waals surface area (Å²) in [6.07, 6.45) is 7.66. The first-order valence-corrected chi connectivity index (χ1v) is 38.2. The van der Waals surface area contributed by atoms with Gasteiger partial charge in [-0.3, -0.25) is 0 Å². The summed E-state index contributed by atoms with van der Waals surface area (Å²) in [4.78, 5) is 9.80. The number of hydrogen-bond donors (Lipinski definition) is 0. The number of aryl methyl sites for hydroxylation is 3. The van der Waals surface area contributed by atoms with Crippen molar-refractivity contribution in [2.75, 3.05) is 0 Å². The summed E-state index contributed by atoms with van der Waals surface area (Å²) in [7, 11) is -4.62. The quantitative estimate of drug-likeness (QED) is 0.0957. The third kappa shape index (κ3) is 11.5. The van der Waals surface area contributed by atoms with Crippen LogP contribution in [0.3, 0.4) is 0 Å². The summed E-state index contributed by atoms with van der Waals surface area (Å²) >= 11 is 0. The Balaban J connectivity index is 0.000000167. The first-order chi connectivity index (χ1) is 47.6. The van der Waals surface area contributed by atoms with E-state index in [1.807, 2.05) is 53.4 Å². The summed E-state index contributed by atoms with van der Waals surface area (Å²) < 4.78 is 36.6. The molecule has 0 spiro atoms. The molecule has 97 heavy (non-hydrogen) atoms. The zero-order chi connectivity index (χ0) is 67.0. The van der Waals surface area contributed by atoms with Gasteiger partial charge in [-0.2, -0.15) is 86.0 Å². The molecule has 0 atom stereocenters. The molecular formula is C85H68N8Pt2Si2-2. The van der Waals surface area contributed by atoms with Gasteiger partial charge in [-0.05, 0) is 119 Å². The molecule has 0 fully saturated rings. The van der Waals surface area contributed by atoms with Gasteiger partial charge in [0, 0.05) is 112 Å². The molecule has 0 amide bonds. The Labute approximate surface area is 600 Å². The van der Waals surface area contributed by atoms with Crippen molar-refractivity contribution in [2.45, 2.75) is 40.0 Å². The molecule has 8 nitrogen and oxygen atoms in total. The van der Waals surface area contributed by atoms with Gasteiger partial charge in [0.2, 0.25) is 0 Å². The van der Waals surface area contributed by atoms with Crippen LogP contribution < -0.4 is 20.7 Å². The molecular weight excluding hydrogens is 1580 g/mol. The molecule has 0 N–H and O–H groups in total. The van der Waals surface area contributed by atoms with Crippen LogP contribution in [0.15, 0.2) is 286 Å². The van der Waals surface area contributed by atoms with Gasteiger partial charge < -0.3 is 9.13 Å². The second-order valence-corrected chi connectivity index (χ2v) is 34.2. The maximum absolute atomic E-state index is 8.10. The van der Waals surface area contributed by atoms with Crippen LogP contribution in [0.4, 0.5) is 0 Å². The van der Waals surface area contributed by atoms with E-state index in [1.54, 1.807) is 6.33 Å². The zero-order valence-corrected chi connectivity index (χ0v) is 60.9. The Bertz CT molecular complexity index is 5950. The Hall–Kier alpha value is -9.93. The van der Waals surface area contributed by atoms with Crippen molar-refractivity contribution in [3.63, 3.8) is 0 Å². The number of aromatic nitrogens is 8. The number of nitrogens with zero attached hydrogens (tertiary/aromatic N) is 8. The van der Waals surface area contributed by atoms with Gasteiger partial charge in [0.15, 0.2) is 34.7 Å². The number of hydrogen-bond acceptors (Lipinski definition) is 2. The third-order valence-electron chi connectivity index (χ3n) is 19.1. The summed E-state index contributed by atoms with van der Waals surface area (Å²) in [5.74, 6) is 1.75. The van der Waals surface area contributed by atoms with E-state index in [2.05, 4.69) is 313 Å². The Morgan fingerprint density at radius 3 is 1.25 bits per heavy atom. The second-order valence-electron chi connectivity index (χ2n) is 25.6. The van der Waals surface area contributed by atoms with Crippen LogP contribution in [-0.2, 0) is 49.1 Å². The standard InChI is InChI=1S/C45H35N4Si.C40H33N4Si.2Pt/c1-32-14-7-8-19-38(32)33-26-27-46-45(28-33)49-41-21-10-9-20-39(41)40-25-24-37(30-44(40)49)50(2,3)36-18-13-17-35(29-36)48-31-47(34-15-5-4-6-16-34)42-22-11-12-23-43(42)48;1-28-12-5-6-15-33(28)29-22-23-41-40(24-29)44-36-17-8-7-16-34(36)35-21-20-32(26-39(35)44)45(3,4)31-14-11-13-30(25-31)43-27-42(2)37-18-9-10-19-38(37)43;;/h4-28,31H,1-3H3;5-24,27H,1-4H3;;/q2*-1;;/i;2D3;;. The Morgan fingerprint density at radius 2 is 0.763 bits per heavy atom. The van der Waals surface area contributed by atoms with Gasteiger partial charge in [-0.1, -0.05) is 152 Å². The second kappa shape index (κ2) is 26.2. The molecule has 6 aromatic heterocycles. The summed E-state index contributed by atoms with van der Waals surface area (Å²) in [5, 5.41) is 9.40. The molecule has 0 radical (unpaired) electrons. The first-order valence-electron chi connectivity index (χ1n) is 33.7. The van der Waals surface area contributed by atoms with Crippen LogP contribution in [0.25, 0.3) is 117 Å².